The largest absolute Gasteiger partial charge is 0.356 e. The average Bonchev–Trinajstić information content (AvgIpc) is 3.49. The Morgan fingerprint density at radius 1 is 1.03 bits per heavy atom. The number of hydrogen-bond donors (Lipinski definition) is 2. The molecule has 4 atom stereocenters. The normalized spacial score (nSPS) is 29.2. The molecule has 1 aliphatic heterocycles. The van der Waals surface area contributed by atoms with E-state index in [9.17, 15) is 9.59 Å². The highest BCUT2D eigenvalue weighted by Gasteiger charge is 2.58. The van der Waals surface area contributed by atoms with Crippen LogP contribution >= 0.6 is 24.0 Å². The molecule has 6 nitrogen and oxygen atoms in total. The number of imide groups is 1. The minimum atomic E-state index is -0.112. The number of guanidine groups is 1. The second-order valence-electron chi connectivity index (χ2n) is 8.75. The SMILES string of the molecule is CN=C(NCCN1C(=O)C2C3C=CC(C3)C2C1=O)NCC1Cc2ccccc2C1.I. The molecule has 4 aliphatic rings. The van der Waals surface area contributed by atoms with Gasteiger partial charge in [0.1, 0.15) is 0 Å². The fraction of sp³-hybridized carbons (Fsp3) is 0.522. The van der Waals surface area contributed by atoms with Gasteiger partial charge in [-0.05, 0) is 48.1 Å². The summed E-state index contributed by atoms with van der Waals surface area (Å²) in [7, 11) is 1.75. The van der Waals surface area contributed by atoms with Crippen molar-refractivity contribution in [2.75, 3.05) is 26.7 Å². The lowest BCUT2D eigenvalue weighted by Crippen LogP contribution is -2.44. The van der Waals surface area contributed by atoms with Gasteiger partial charge in [0.15, 0.2) is 5.96 Å². The van der Waals surface area contributed by atoms with Crippen molar-refractivity contribution in [2.45, 2.75) is 19.3 Å². The summed E-state index contributed by atoms with van der Waals surface area (Å²) in [6.45, 7) is 1.78. The van der Waals surface area contributed by atoms with E-state index in [0.717, 1.165) is 31.8 Å². The van der Waals surface area contributed by atoms with Crippen molar-refractivity contribution < 1.29 is 9.59 Å². The molecule has 1 aromatic carbocycles. The maximum Gasteiger partial charge on any atom is 0.233 e. The lowest BCUT2D eigenvalue weighted by Gasteiger charge is -2.19. The second kappa shape index (κ2) is 8.69. The van der Waals surface area contributed by atoms with Crippen molar-refractivity contribution in [3.05, 3.63) is 47.5 Å². The van der Waals surface area contributed by atoms with Crippen LogP contribution in [0, 0.1) is 29.6 Å². The number of carbonyl (C=O) groups excluding carboxylic acids is 2. The maximum atomic E-state index is 12.7. The number of likely N-dealkylation sites (tertiary alicyclic amines) is 1. The Labute approximate surface area is 194 Å². The highest BCUT2D eigenvalue weighted by atomic mass is 127. The lowest BCUT2D eigenvalue weighted by atomic mass is 9.85. The first kappa shape index (κ1) is 21.3. The van der Waals surface area contributed by atoms with E-state index in [-0.39, 0.29) is 59.5 Å². The number of allylic oxidation sites excluding steroid dienone is 2. The Morgan fingerprint density at radius 3 is 2.20 bits per heavy atom. The predicted octanol–water partition coefficient (Wildman–Crippen LogP) is 1.99. The molecular weight excluding hydrogens is 491 g/mol. The van der Waals surface area contributed by atoms with Gasteiger partial charge in [0.2, 0.25) is 11.8 Å². The number of fused-ring (bicyclic) bond motifs is 6. The minimum absolute atomic E-state index is 0. The summed E-state index contributed by atoms with van der Waals surface area (Å²) in [6, 6.07) is 8.63. The molecule has 2 N–H and O–H groups in total. The third kappa shape index (κ3) is 3.65. The summed E-state index contributed by atoms with van der Waals surface area (Å²) in [6.07, 6.45) is 7.42. The molecule has 1 saturated carbocycles. The number of benzene rings is 1. The number of rotatable bonds is 5. The number of nitrogens with zero attached hydrogens (tertiary/aromatic N) is 2. The first-order valence-electron chi connectivity index (χ1n) is 10.7. The van der Waals surface area contributed by atoms with Crippen molar-refractivity contribution in [3.8, 4) is 0 Å². The Hall–Kier alpha value is -1.90. The van der Waals surface area contributed by atoms with Crippen LogP contribution in [0.3, 0.4) is 0 Å². The summed E-state index contributed by atoms with van der Waals surface area (Å²) in [4.78, 5) is 31.2. The molecule has 30 heavy (non-hydrogen) atoms. The van der Waals surface area contributed by atoms with Crippen LogP contribution in [-0.4, -0.2) is 49.4 Å². The van der Waals surface area contributed by atoms with Gasteiger partial charge in [-0.1, -0.05) is 36.4 Å². The van der Waals surface area contributed by atoms with Crippen molar-refractivity contribution in [1.29, 1.82) is 0 Å². The number of amides is 2. The Kier molecular flexibility index (Phi) is 6.18. The lowest BCUT2D eigenvalue weighted by molar-refractivity contribution is -0.140. The van der Waals surface area contributed by atoms with Gasteiger partial charge in [0.05, 0.1) is 11.8 Å². The molecule has 1 aromatic rings. The van der Waals surface area contributed by atoms with Crippen molar-refractivity contribution in [2.24, 2.45) is 34.6 Å². The van der Waals surface area contributed by atoms with E-state index in [2.05, 4.69) is 52.0 Å². The van der Waals surface area contributed by atoms with E-state index in [1.54, 1.807) is 7.05 Å². The molecule has 0 radical (unpaired) electrons. The molecule has 7 heteroatoms. The van der Waals surface area contributed by atoms with Crippen molar-refractivity contribution in [3.63, 3.8) is 0 Å². The molecule has 5 rings (SSSR count). The van der Waals surface area contributed by atoms with Gasteiger partial charge in [-0.15, -0.1) is 24.0 Å². The Morgan fingerprint density at radius 2 is 1.63 bits per heavy atom. The van der Waals surface area contributed by atoms with E-state index < -0.39 is 0 Å². The molecule has 160 valence electrons. The number of nitrogens with one attached hydrogen (secondary N) is 2. The van der Waals surface area contributed by atoms with E-state index in [1.165, 1.54) is 16.0 Å². The van der Waals surface area contributed by atoms with Crippen LogP contribution in [0.15, 0.2) is 41.4 Å². The van der Waals surface area contributed by atoms with Crippen LogP contribution in [-0.2, 0) is 22.4 Å². The first-order chi connectivity index (χ1) is 14.2. The first-order valence-corrected chi connectivity index (χ1v) is 10.7. The van der Waals surface area contributed by atoms with E-state index in [4.69, 9.17) is 0 Å². The van der Waals surface area contributed by atoms with Crippen molar-refractivity contribution >= 4 is 41.8 Å². The fourth-order valence-electron chi connectivity index (χ4n) is 5.73. The molecule has 1 saturated heterocycles. The topological polar surface area (TPSA) is 73.8 Å². The van der Waals surface area contributed by atoms with E-state index in [0.29, 0.717) is 19.0 Å². The van der Waals surface area contributed by atoms with Gasteiger partial charge in [-0.2, -0.15) is 0 Å². The van der Waals surface area contributed by atoms with Crippen LogP contribution in [0.1, 0.15) is 17.5 Å². The fourth-order valence-corrected chi connectivity index (χ4v) is 5.73. The van der Waals surface area contributed by atoms with Crippen LogP contribution < -0.4 is 10.6 Å². The highest BCUT2D eigenvalue weighted by molar-refractivity contribution is 14.0. The number of halogens is 1. The quantitative estimate of drug-likeness (QED) is 0.205. The third-order valence-electron chi connectivity index (χ3n) is 7.11. The van der Waals surface area contributed by atoms with Gasteiger partial charge in [-0.3, -0.25) is 19.5 Å². The van der Waals surface area contributed by atoms with Gasteiger partial charge in [-0.25, -0.2) is 0 Å². The molecule has 2 fully saturated rings. The molecule has 2 amide bonds. The molecule has 4 unspecified atom stereocenters. The van der Waals surface area contributed by atoms with Gasteiger partial charge in [0.25, 0.3) is 0 Å². The zero-order chi connectivity index (χ0) is 20.0. The number of carbonyl (C=O) groups is 2. The Balaban J connectivity index is 0.00000218. The summed E-state index contributed by atoms with van der Waals surface area (Å²) < 4.78 is 0. The van der Waals surface area contributed by atoms with Gasteiger partial charge in [0, 0.05) is 26.7 Å². The average molecular weight is 520 g/mol. The summed E-state index contributed by atoms with van der Waals surface area (Å²) in [5, 5.41) is 6.66. The summed E-state index contributed by atoms with van der Waals surface area (Å²) in [5.74, 6) is 1.64. The minimum Gasteiger partial charge on any atom is -0.356 e. The number of hydrogen-bond acceptors (Lipinski definition) is 3. The van der Waals surface area contributed by atoms with E-state index >= 15 is 0 Å². The molecule has 2 bridgehead atoms. The Bertz CT molecular complexity index is 844. The zero-order valence-electron chi connectivity index (χ0n) is 17.2. The molecule has 0 aromatic heterocycles. The smallest absolute Gasteiger partial charge is 0.233 e. The van der Waals surface area contributed by atoms with Gasteiger partial charge >= 0.3 is 0 Å². The highest BCUT2D eigenvalue weighted by Crippen LogP contribution is 2.52. The molecule has 3 aliphatic carbocycles. The van der Waals surface area contributed by atoms with Crippen LogP contribution in [0.4, 0.5) is 0 Å². The summed E-state index contributed by atoms with van der Waals surface area (Å²) >= 11 is 0. The maximum absolute atomic E-state index is 12.7. The summed E-state index contributed by atoms with van der Waals surface area (Å²) in [5.41, 5.74) is 2.89. The predicted molar refractivity (Wildman–Crippen MR) is 127 cm³/mol. The molecule has 0 spiro atoms. The number of aliphatic imine (C=N–C) groups is 1. The van der Waals surface area contributed by atoms with Crippen LogP contribution in [0.5, 0.6) is 0 Å². The molecular formula is C23H29IN4O2. The second-order valence-corrected chi connectivity index (χ2v) is 8.75. The molecule has 1 heterocycles. The van der Waals surface area contributed by atoms with Gasteiger partial charge < -0.3 is 10.6 Å². The zero-order valence-corrected chi connectivity index (χ0v) is 19.5. The van der Waals surface area contributed by atoms with Crippen LogP contribution in [0.25, 0.3) is 0 Å². The van der Waals surface area contributed by atoms with Crippen LogP contribution in [0.2, 0.25) is 0 Å². The monoisotopic (exact) mass is 520 g/mol. The standard InChI is InChI=1S/C23H28N4O2.HI/c1-24-23(26-13-14-10-15-4-2-3-5-16(15)11-14)25-8-9-27-21(28)19-17-6-7-18(12-17)20(19)22(27)29;/h2-7,14,17-20H,8-13H2,1H3,(H2,24,25,26);1H. The third-order valence-corrected chi connectivity index (χ3v) is 7.11. The van der Waals surface area contributed by atoms with Crippen molar-refractivity contribution in [1.82, 2.24) is 15.5 Å². The van der Waals surface area contributed by atoms with E-state index in [1.807, 2.05) is 0 Å².